The zero-order valence-electron chi connectivity index (χ0n) is 12.5. The van der Waals surface area contributed by atoms with Crippen LogP contribution in [0.5, 0.6) is 0 Å². The highest BCUT2D eigenvalue weighted by atomic mass is 16.5. The van der Waals surface area contributed by atoms with Gasteiger partial charge < -0.3 is 20.3 Å². The Morgan fingerprint density at radius 3 is 2.62 bits per heavy atom. The molecule has 1 fully saturated rings. The average Bonchev–Trinajstić information content (AvgIpc) is 2.73. The summed E-state index contributed by atoms with van der Waals surface area (Å²) in [7, 11) is 1.36. The number of hydrogen-bond acceptors (Lipinski definition) is 5. The first-order chi connectivity index (χ1) is 10.0. The number of nitrogen functional groups attached to an aromatic ring is 1. The summed E-state index contributed by atoms with van der Waals surface area (Å²) in [5, 5.41) is 0. The molecule has 0 radical (unpaired) electrons. The normalized spacial score (nSPS) is 15.5. The largest absolute Gasteiger partial charge is 0.465 e. The maximum Gasteiger partial charge on any atom is 0.337 e. The summed E-state index contributed by atoms with van der Waals surface area (Å²) in [5.41, 5.74) is 7.96. The molecule has 0 bridgehead atoms. The standard InChI is InChI=1S/C15H21N3O3/c1-11(19)17-6-3-7-18(9-8-17)14-10-12(15(20)21-2)4-5-13(14)16/h4-5,10H,3,6-9,16H2,1-2H3. The van der Waals surface area contributed by atoms with Gasteiger partial charge >= 0.3 is 5.97 Å². The molecular weight excluding hydrogens is 270 g/mol. The van der Waals surface area contributed by atoms with E-state index in [4.69, 9.17) is 10.5 Å². The molecule has 1 amide bonds. The molecule has 1 saturated heterocycles. The summed E-state index contributed by atoms with van der Waals surface area (Å²) < 4.78 is 4.74. The first-order valence-electron chi connectivity index (χ1n) is 7.01. The van der Waals surface area contributed by atoms with Crippen molar-refractivity contribution in [3.05, 3.63) is 23.8 Å². The molecule has 1 heterocycles. The number of carbonyl (C=O) groups is 2. The summed E-state index contributed by atoms with van der Waals surface area (Å²) >= 11 is 0. The fourth-order valence-electron chi connectivity index (χ4n) is 2.54. The Hall–Kier alpha value is -2.24. The monoisotopic (exact) mass is 291 g/mol. The Bertz CT molecular complexity index is 545. The molecule has 114 valence electrons. The van der Waals surface area contributed by atoms with Gasteiger partial charge in [-0.25, -0.2) is 4.79 Å². The maximum absolute atomic E-state index is 11.6. The van der Waals surface area contributed by atoms with Crippen molar-refractivity contribution in [1.29, 1.82) is 0 Å². The van der Waals surface area contributed by atoms with E-state index in [9.17, 15) is 9.59 Å². The molecule has 6 nitrogen and oxygen atoms in total. The van der Waals surface area contributed by atoms with Crippen LogP contribution in [0.25, 0.3) is 0 Å². The third-order valence-electron chi connectivity index (χ3n) is 3.73. The predicted octanol–water partition coefficient (Wildman–Crippen LogP) is 1.11. The first-order valence-corrected chi connectivity index (χ1v) is 7.01. The van der Waals surface area contributed by atoms with Crippen molar-refractivity contribution in [2.45, 2.75) is 13.3 Å². The van der Waals surface area contributed by atoms with Gasteiger partial charge in [0.1, 0.15) is 0 Å². The summed E-state index contributed by atoms with van der Waals surface area (Å²) in [4.78, 5) is 27.0. The van der Waals surface area contributed by atoms with Gasteiger partial charge in [-0.2, -0.15) is 0 Å². The van der Waals surface area contributed by atoms with Gasteiger partial charge in [-0.15, -0.1) is 0 Å². The molecule has 2 rings (SSSR count). The minimum Gasteiger partial charge on any atom is -0.465 e. The number of ether oxygens (including phenoxy) is 1. The third kappa shape index (κ3) is 3.45. The van der Waals surface area contributed by atoms with Gasteiger partial charge in [0.2, 0.25) is 5.91 Å². The molecule has 1 aliphatic heterocycles. The van der Waals surface area contributed by atoms with Crippen LogP contribution < -0.4 is 10.6 Å². The van der Waals surface area contributed by atoms with Crippen LogP contribution in [0.2, 0.25) is 0 Å². The van der Waals surface area contributed by atoms with Crippen molar-refractivity contribution < 1.29 is 14.3 Å². The second-order valence-electron chi connectivity index (χ2n) is 5.11. The number of amides is 1. The van der Waals surface area contributed by atoms with E-state index < -0.39 is 0 Å². The average molecular weight is 291 g/mol. The Balaban J connectivity index is 2.21. The number of esters is 1. The maximum atomic E-state index is 11.6. The number of carbonyl (C=O) groups excluding carboxylic acids is 2. The summed E-state index contributed by atoms with van der Waals surface area (Å²) in [6, 6.07) is 5.13. The van der Waals surface area contributed by atoms with E-state index in [1.165, 1.54) is 7.11 Å². The highest BCUT2D eigenvalue weighted by Crippen LogP contribution is 2.26. The lowest BCUT2D eigenvalue weighted by atomic mass is 10.1. The molecule has 0 atom stereocenters. The van der Waals surface area contributed by atoms with Crippen LogP contribution in [0.4, 0.5) is 11.4 Å². The molecule has 0 unspecified atom stereocenters. The number of hydrogen-bond donors (Lipinski definition) is 1. The molecule has 1 aromatic carbocycles. The van der Waals surface area contributed by atoms with Crippen LogP contribution in [0.15, 0.2) is 18.2 Å². The zero-order valence-corrected chi connectivity index (χ0v) is 12.5. The van der Waals surface area contributed by atoms with Crippen molar-refractivity contribution in [1.82, 2.24) is 4.90 Å². The van der Waals surface area contributed by atoms with Crippen LogP contribution in [0, 0.1) is 0 Å². The summed E-state index contributed by atoms with van der Waals surface area (Å²) in [6.45, 7) is 4.51. The lowest BCUT2D eigenvalue weighted by Crippen LogP contribution is -2.33. The number of benzene rings is 1. The Kier molecular flexibility index (Phi) is 4.67. The van der Waals surface area contributed by atoms with E-state index >= 15 is 0 Å². The fraction of sp³-hybridized carbons (Fsp3) is 0.467. The molecular formula is C15H21N3O3. The van der Waals surface area contributed by atoms with E-state index in [1.54, 1.807) is 25.1 Å². The number of methoxy groups -OCH3 is 1. The van der Waals surface area contributed by atoms with E-state index in [0.29, 0.717) is 24.3 Å². The highest BCUT2D eigenvalue weighted by molar-refractivity contribution is 5.92. The fourth-order valence-corrected chi connectivity index (χ4v) is 2.54. The highest BCUT2D eigenvalue weighted by Gasteiger charge is 2.19. The van der Waals surface area contributed by atoms with E-state index in [1.807, 2.05) is 4.90 Å². The summed E-state index contributed by atoms with van der Waals surface area (Å²) in [5.74, 6) is -0.287. The molecule has 1 aromatic rings. The van der Waals surface area contributed by atoms with Gasteiger partial charge in [0.25, 0.3) is 0 Å². The second-order valence-corrected chi connectivity index (χ2v) is 5.11. The molecule has 0 aliphatic carbocycles. The van der Waals surface area contributed by atoms with Gasteiger partial charge in [0, 0.05) is 33.1 Å². The van der Waals surface area contributed by atoms with E-state index in [2.05, 4.69) is 4.90 Å². The number of anilines is 2. The molecule has 0 aromatic heterocycles. The van der Waals surface area contributed by atoms with Gasteiger partial charge in [-0.1, -0.05) is 0 Å². The smallest absolute Gasteiger partial charge is 0.337 e. The Labute approximate surface area is 124 Å². The number of nitrogens with two attached hydrogens (primary N) is 1. The van der Waals surface area contributed by atoms with Crippen LogP contribution in [0.1, 0.15) is 23.7 Å². The lowest BCUT2D eigenvalue weighted by Gasteiger charge is -2.25. The number of nitrogens with zero attached hydrogens (tertiary/aromatic N) is 2. The van der Waals surface area contributed by atoms with Gasteiger partial charge in [-0.3, -0.25) is 4.79 Å². The molecule has 0 spiro atoms. The quantitative estimate of drug-likeness (QED) is 0.652. The molecule has 0 saturated carbocycles. The first kappa shape index (κ1) is 15.2. The van der Waals surface area contributed by atoms with Gasteiger partial charge in [0.15, 0.2) is 0 Å². The predicted molar refractivity (Wildman–Crippen MR) is 81.3 cm³/mol. The van der Waals surface area contributed by atoms with Crippen LogP contribution in [-0.2, 0) is 9.53 Å². The topological polar surface area (TPSA) is 75.9 Å². The Morgan fingerprint density at radius 1 is 1.19 bits per heavy atom. The molecule has 6 heteroatoms. The second kappa shape index (κ2) is 6.47. The van der Waals surface area contributed by atoms with Crippen molar-refractivity contribution in [3.63, 3.8) is 0 Å². The number of rotatable bonds is 2. The lowest BCUT2D eigenvalue weighted by molar-refractivity contribution is -0.128. The van der Waals surface area contributed by atoms with Gasteiger partial charge in [0.05, 0.1) is 24.0 Å². The van der Waals surface area contributed by atoms with Crippen LogP contribution in [0.3, 0.4) is 0 Å². The van der Waals surface area contributed by atoms with E-state index in [-0.39, 0.29) is 11.9 Å². The molecule has 2 N–H and O–H groups in total. The summed E-state index contributed by atoms with van der Waals surface area (Å²) in [6.07, 6.45) is 0.876. The molecule has 1 aliphatic rings. The van der Waals surface area contributed by atoms with Gasteiger partial charge in [-0.05, 0) is 24.6 Å². The van der Waals surface area contributed by atoms with E-state index in [0.717, 1.165) is 25.2 Å². The Morgan fingerprint density at radius 2 is 1.95 bits per heavy atom. The minimum atomic E-state index is -0.378. The third-order valence-corrected chi connectivity index (χ3v) is 3.73. The SMILES string of the molecule is COC(=O)c1ccc(N)c(N2CCCN(C(C)=O)CC2)c1. The minimum absolute atomic E-state index is 0.0909. The molecule has 21 heavy (non-hydrogen) atoms. The van der Waals surface area contributed by atoms with Crippen molar-refractivity contribution >= 4 is 23.3 Å². The van der Waals surface area contributed by atoms with Crippen molar-refractivity contribution in [3.8, 4) is 0 Å². The van der Waals surface area contributed by atoms with Crippen molar-refractivity contribution in [2.24, 2.45) is 0 Å². The van der Waals surface area contributed by atoms with Crippen LogP contribution >= 0.6 is 0 Å². The zero-order chi connectivity index (χ0) is 15.4. The van der Waals surface area contributed by atoms with Crippen molar-refractivity contribution in [2.75, 3.05) is 43.9 Å². The van der Waals surface area contributed by atoms with Crippen LogP contribution in [-0.4, -0.2) is 50.1 Å².